The average Bonchev–Trinajstić information content (AvgIpc) is 2.91. The molecular weight excluding hydrogens is 246 g/mol. The highest BCUT2D eigenvalue weighted by molar-refractivity contribution is 7.09. The van der Waals surface area contributed by atoms with Crippen LogP contribution in [0.3, 0.4) is 0 Å². The Morgan fingerprint density at radius 2 is 2.06 bits per heavy atom. The lowest BCUT2D eigenvalue weighted by Crippen LogP contribution is -2.33. The van der Waals surface area contributed by atoms with Gasteiger partial charge in [-0.3, -0.25) is 9.78 Å². The molecule has 1 heterocycles. The number of carbonyl (C=O) groups excluding carboxylic acids is 1. The number of hydrogen-bond acceptors (Lipinski definition) is 4. The Kier molecular flexibility index (Phi) is 4.87. The third kappa shape index (κ3) is 4.27. The first kappa shape index (κ1) is 12.7. The third-order valence-electron chi connectivity index (χ3n) is 2.40. The first-order valence-electron chi connectivity index (χ1n) is 5.73. The topological polar surface area (TPSA) is 54.0 Å². The Morgan fingerprint density at radius 3 is 2.78 bits per heavy atom. The minimum Gasteiger partial charge on any atom is -0.351 e. The predicted molar refractivity (Wildman–Crippen MR) is 72.1 cm³/mol. The van der Waals surface area contributed by atoms with Crippen LogP contribution in [0.15, 0.2) is 42.0 Å². The summed E-state index contributed by atoms with van der Waals surface area (Å²) in [7, 11) is 0. The summed E-state index contributed by atoms with van der Waals surface area (Å²) in [4.78, 5) is 16.7. The minimum absolute atomic E-state index is 0.00312. The smallest absolute Gasteiger partial charge is 0.234 e. The summed E-state index contributed by atoms with van der Waals surface area (Å²) in [5.41, 5.74) is 2.89. The molecule has 1 aromatic heterocycles. The SMILES string of the molecule is O=C(CNCc1cncs1)NCc1ccccc1. The van der Waals surface area contributed by atoms with Crippen LogP contribution in [-0.2, 0) is 17.9 Å². The molecule has 0 saturated carbocycles. The fourth-order valence-corrected chi connectivity index (χ4v) is 2.05. The molecule has 94 valence electrons. The summed E-state index contributed by atoms with van der Waals surface area (Å²) in [5.74, 6) is 0.00312. The second kappa shape index (κ2) is 6.88. The van der Waals surface area contributed by atoms with Gasteiger partial charge in [-0.05, 0) is 5.56 Å². The van der Waals surface area contributed by atoms with Gasteiger partial charge in [0.25, 0.3) is 0 Å². The average molecular weight is 261 g/mol. The molecule has 0 aliphatic rings. The number of rotatable bonds is 6. The van der Waals surface area contributed by atoms with Crippen molar-refractivity contribution < 1.29 is 4.79 Å². The molecule has 0 radical (unpaired) electrons. The maximum absolute atomic E-state index is 11.6. The molecule has 18 heavy (non-hydrogen) atoms. The monoisotopic (exact) mass is 261 g/mol. The normalized spacial score (nSPS) is 10.2. The van der Waals surface area contributed by atoms with Gasteiger partial charge in [0.1, 0.15) is 0 Å². The Bertz CT molecular complexity index is 470. The lowest BCUT2D eigenvalue weighted by molar-refractivity contribution is -0.120. The van der Waals surface area contributed by atoms with Crippen LogP contribution in [0.25, 0.3) is 0 Å². The zero-order valence-electron chi connectivity index (χ0n) is 9.93. The van der Waals surface area contributed by atoms with Crippen molar-refractivity contribution in [3.63, 3.8) is 0 Å². The lowest BCUT2D eigenvalue weighted by atomic mass is 10.2. The van der Waals surface area contributed by atoms with E-state index in [1.54, 1.807) is 23.0 Å². The zero-order chi connectivity index (χ0) is 12.6. The first-order chi connectivity index (χ1) is 8.84. The van der Waals surface area contributed by atoms with Gasteiger partial charge in [-0.2, -0.15) is 0 Å². The molecule has 2 rings (SSSR count). The summed E-state index contributed by atoms with van der Waals surface area (Å²) < 4.78 is 0. The predicted octanol–water partition coefficient (Wildman–Crippen LogP) is 1.55. The molecule has 1 aromatic carbocycles. The van der Waals surface area contributed by atoms with Gasteiger partial charge in [-0.15, -0.1) is 11.3 Å². The van der Waals surface area contributed by atoms with Crippen molar-refractivity contribution in [2.24, 2.45) is 0 Å². The molecule has 0 aliphatic carbocycles. The van der Waals surface area contributed by atoms with E-state index in [0.717, 1.165) is 10.4 Å². The van der Waals surface area contributed by atoms with E-state index in [-0.39, 0.29) is 5.91 Å². The first-order valence-corrected chi connectivity index (χ1v) is 6.61. The number of nitrogens with zero attached hydrogens (tertiary/aromatic N) is 1. The number of carbonyl (C=O) groups is 1. The highest BCUT2D eigenvalue weighted by Gasteiger charge is 2.01. The number of benzene rings is 1. The molecule has 1 amide bonds. The summed E-state index contributed by atoms with van der Waals surface area (Å²) in [6, 6.07) is 9.87. The number of hydrogen-bond donors (Lipinski definition) is 2. The quantitative estimate of drug-likeness (QED) is 0.829. The van der Waals surface area contributed by atoms with Gasteiger partial charge in [-0.1, -0.05) is 30.3 Å². The van der Waals surface area contributed by atoms with Crippen LogP contribution in [0.1, 0.15) is 10.4 Å². The fraction of sp³-hybridized carbons (Fsp3) is 0.231. The van der Waals surface area contributed by atoms with Gasteiger partial charge in [0.15, 0.2) is 0 Å². The standard InChI is InChI=1S/C13H15N3OS/c17-13(9-14-7-12-8-15-10-18-12)16-6-11-4-2-1-3-5-11/h1-5,8,10,14H,6-7,9H2,(H,16,17). The van der Waals surface area contributed by atoms with Crippen molar-refractivity contribution >= 4 is 17.2 Å². The summed E-state index contributed by atoms with van der Waals surface area (Å²) in [5, 5.41) is 5.95. The van der Waals surface area contributed by atoms with E-state index in [0.29, 0.717) is 19.6 Å². The summed E-state index contributed by atoms with van der Waals surface area (Å²) in [6.07, 6.45) is 1.81. The second-order valence-electron chi connectivity index (χ2n) is 3.83. The van der Waals surface area contributed by atoms with E-state index in [4.69, 9.17) is 0 Å². The Balaban J connectivity index is 1.63. The van der Waals surface area contributed by atoms with E-state index < -0.39 is 0 Å². The van der Waals surface area contributed by atoms with E-state index in [2.05, 4.69) is 15.6 Å². The zero-order valence-corrected chi connectivity index (χ0v) is 10.7. The van der Waals surface area contributed by atoms with Gasteiger partial charge in [0.2, 0.25) is 5.91 Å². The second-order valence-corrected chi connectivity index (χ2v) is 4.80. The van der Waals surface area contributed by atoms with Crippen LogP contribution in [0.4, 0.5) is 0 Å². The Morgan fingerprint density at radius 1 is 1.22 bits per heavy atom. The van der Waals surface area contributed by atoms with Crippen LogP contribution >= 0.6 is 11.3 Å². The van der Waals surface area contributed by atoms with Crippen LogP contribution < -0.4 is 10.6 Å². The van der Waals surface area contributed by atoms with Crippen molar-refractivity contribution in [3.05, 3.63) is 52.5 Å². The number of thiazole rings is 1. The Hall–Kier alpha value is -1.72. The van der Waals surface area contributed by atoms with Crippen LogP contribution in [0.2, 0.25) is 0 Å². The molecule has 0 fully saturated rings. The highest BCUT2D eigenvalue weighted by atomic mass is 32.1. The third-order valence-corrected chi connectivity index (χ3v) is 3.18. The molecule has 0 unspecified atom stereocenters. The number of nitrogens with one attached hydrogen (secondary N) is 2. The molecule has 2 N–H and O–H groups in total. The van der Waals surface area contributed by atoms with Crippen molar-refractivity contribution in [2.45, 2.75) is 13.1 Å². The molecule has 2 aromatic rings. The highest BCUT2D eigenvalue weighted by Crippen LogP contribution is 2.03. The molecular formula is C13H15N3OS. The lowest BCUT2D eigenvalue weighted by Gasteiger charge is -2.05. The summed E-state index contributed by atoms with van der Waals surface area (Å²) >= 11 is 1.58. The minimum atomic E-state index is 0.00312. The maximum atomic E-state index is 11.6. The molecule has 0 spiro atoms. The molecule has 0 aliphatic heterocycles. The van der Waals surface area contributed by atoms with E-state index in [1.165, 1.54) is 0 Å². The van der Waals surface area contributed by atoms with Crippen molar-refractivity contribution in [1.82, 2.24) is 15.6 Å². The summed E-state index contributed by atoms with van der Waals surface area (Å²) in [6.45, 7) is 1.58. The van der Waals surface area contributed by atoms with E-state index in [9.17, 15) is 4.79 Å². The van der Waals surface area contributed by atoms with Gasteiger partial charge in [0, 0.05) is 24.2 Å². The van der Waals surface area contributed by atoms with Gasteiger partial charge >= 0.3 is 0 Å². The number of amides is 1. The van der Waals surface area contributed by atoms with Gasteiger partial charge in [0.05, 0.1) is 12.1 Å². The largest absolute Gasteiger partial charge is 0.351 e. The fourth-order valence-electron chi connectivity index (χ4n) is 1.49. The van der Waals surface area contributed by atoms with E-state index in [1.807, 2.05) is 30.3 Å². The Labute approximate surface area is 110 Å². The van der Waals surface area contributed by atoms with Crippen molar-refractivity contribution in [3.8, 4) is 0 Å². The molecule has 0 saturated heterocycles. The van der Waals surface area contributed by atoms with Crippen LogP contribution in [-0.4, -0.2) is 17.4 Å². The molecule has 5 heteroatoms. The maximum Gasteiger partial charge on any atom is 0.234 e. The molecule has 4 nitrogen and oxygen atoms in total. The molecule has 0 bridgehead atoms. The van der Waals surface area contributed by atoms with Crippen LogP contribution in [0, 0.1) is 0 Å². The van der Waals surface area contributed by atoms with Crippen molar-refractivity contribution in [2.75, 3.05) is 6.54 Å². The van der Waals surface area contributed by atoms with Crippen LogP contribution in [0.5, 0.6) is 0 Å². The van der Waals surface area contributed by atoms with Gasteiger partial charge < -0.3 is 10.6 Å². The number of aromatic nitrogens is 1. The van der Waals surface area contributed by atoms with Gasteiger partial charge in [-0.25, -0.2) is 0 Å². The molecule has 0 atom stereocenters. The van der Waals surface area contributed by atoms with Crippen molar-refractivity contribution in [1.29, 1.82) is 0 Å². The van der Waals surface area contributed by atoms with E-state index >= 15 is 0 Å².